The van der Waals surface area contributed by atoms with Crippen LogP contribution in [-0.2, 0) is 0 Å². The average molecular weight is 451 g/mol. The van der Waals surface area contributed by atoms with Crippen molar-refractivity contribution in [3.8, 4) is 16.9 Å². The largest absolute Gasteiger partial charge is 0.491 e. The Morgan fingerprint density at radius 3 is 2.64 bits per heavy atom. The van der Waals surface area contributed by atoms with E-state index >= 15 is 0 Å². The number of aryl methyl sites for hydroxylation is 1. The Kier molecular flexibility index (Phi) is 8.34. The Labute approximate surface area is 195 Å². The lowest BCUT2D eigenvalue weighted by molar-refractivity contribution is 0.284. The Hall–Kier alpha value is -3.05. The van der Waals surface area contributed by atoms with Crippen molar-refractivity contribution in [3.63, 3.8) is 0 Å². The van der Waals surface area contributed by atoms with Crippen LogP contribution < -0.4 is 4.74 Å². The second-order valence-corrected chi connectivity index (χ2v) is 8.37. The van der Waals surface area contributed by atoms with Gasteiger partial charge in [-0.3, -0.25) is 0 Å². The number of hydrogen-bond acceptors (Lipinski definition) is 3. The summed E-state index contributed by atoms with van der Waals surface area (Å²) in [6.07, 6.45) is 7.75. The van der Waals surface area contributed by atoms with Gasteiger partial charge >= 0.3 is 0 Å². The molecular formula is C28H32F2N2O. The maximum absolute atomic E-state index is 14.6. The van der Waals surface area contributed by atoms with E-state index in [0.29, 0.717) is 17.9 Å². The van der Waals surface area contributed by atoms with Crippen molar-refractivity contribution in [1.29, 1.82) is 0 Å². The number of ether oxygens (including phenoxy) is 1. The number of benzene rings is 2. The molecule has 0 aliphatic heterocycles. The fourth-order valence-electron chi connectivity index (χ4n) is 3.78. The summed E-state index contributed by atoms with van der Waals surface area (Å²) in [4.78, 5) is 7.04. The van der Waals surface area contributed by atoms with E-state index in [-0.39, 0.29) is 5.56 Å². The second kappa shape index (κ2) is 11.2. The molecule has 3 aromatic rings. The Morgan fingerprint density at radius 2 is 1.94 bits per heavy atom. The summed E-state index contributed by atoms with van der Waals surface area (Å²) in [6.45, 7) is 7.49. The van der Waals surface area contributed by atoms with Gasteiger partial charge < -0.3 is 9.64 Å². The van der Waals surface area contributed by atoms with Gasteiger partial charge in [0.1, 0.15) is 11.3 Å². The fourth-order valence-corrected chi connectivity index (χ4v) is 3.78. The van der Waals surface area contributed by atoms with Crippen molar-refractivity contribution < 1.29 is 13.5 Å². The van der Waals surface area contributed by atoms with Crippen LogP contribution in [-0.4, -0.2) is 37.1 Å². The van der Waals surface area contributed by atoms with Crippen LogP contribution in [0.3, 0.4) is 0 Å². The predicted octanol–water partition coefficient (Wildman–Crippen LogP) is 7.19. The first-order valence-electron chi connectivity index (χ1n) is 11.3. The van der Waals surface area contributed by atoms with Crippen molar-refractivity contribution in [3.05, 3.63) is 77.5 Å². The molecule has 33 heavy (non-hydrogen) atoms. The molecule has 3 nitrogen and oxygen atoms in total. The number of pyridine rings is 1. The zero-order valence-corrected chi connectivity index (χ0v) is 20.1. The second-order valence-electron chi connectivity index (χ2n) is 8.37. The van der Waals surface area contributed by atoms with Crippen LogP contribution in [0.2, 0.25) is 0 Å². The number of allylic oxidation sites excluding steroid dienone is 4. The molecular weight excluding hydrogens is 418 g/mol. The Morgan fingerprint density at radius 1 is 1.15 bits per heavy atom. The predicted molar refractivity (Wildman–Crippen MR) is 134 cm³/mol. The Balaban J connectivity index is 2.17. The first-order valence-corrected chi connectivity index (χ1v) is 11.3. The summed E-state index contributed by atoms with van der Waals surface area (Å²) in [5, 5.41) is 0.865. The number of fused-ring (bicyclic) bond motifs is 1. The minimum Gasteiger partial charge on any atom is -0.491 e. The lowest BCUT2D eigenvalue weighted by atomic mass is 9.98. The van der Waals surface area contributed by atoms with E-state index < -0.39 is 11.6 Å². The van der Waals surface area contributed by atoms with Crippen molar-refractivity contribution in [2.45, 2.75) is 33.6 Å². The van der Waals surface area contributed by atoms with Gasteiger partial charge in [-0.05, 0) is 81.7 Å². The summed E-state index contributed by atoms with van der Waals surface area (Å²) in [7, 11) is 4.03. The highest BCUT2D eigenvalue weighted by molar-refractivity contribution is 5.93. The van der Waals surface area contributed by atoms with Crippen molar-refractivity contribution in [2.75, 3.05) is 27.2 Å². The molecule has 174 valence electrons. The minimum absolute atomic E-state index is 0.209. The van der Waals surface area contributed by atoms with Crippen LogP contribution in [0.1, 0.15) is 37.9 Å². The molecule has 0 N–H and O–H groups in total. The number of halogens is 2. The number of rotatable bonds is 9. The third-order valence-electron chi connectivity index (χ3n) is 5.55. The summed E-state index contributed by atoms with van der Waals surface area (Å²) in [5.41, 5.74) is 4.53. The van der Waals surface area contributed by atoms with Gasteiger partial charge in [-0.2, -0.15) is 0 Å². The molecule has 3 rings (SSSR count). The van der Waals surface area contributed by atoms with Crippen molar-refractivity contribution >= 4 is 16.5 Å². The highest BCUT2D eigenvalue weighted by Gasteiger charge is 2.16. The van der Waals surface area contributed by atoms with Gasteiger partial charge in [-0.15, -0.1) is 0 Å². The smallest absolute Gasteiger partial charge is 0.166 e. The van der Waals surface area contributed by atoms with E-state index in [0.717, 1.165) is 53.2 Å². The molecule has 0 saturated heterocycles. The lowest BCUT2D eigenvalue weighted by Gasteiger charge is -2.16. The van der Waals surface area contributed by atoms with E-state index in [1.54, 1.807) is 12.1 Å². The van der Waals surface area contributed by atoms with Crippen LogP contribution in [0.5, 0.6) is 5.75 Å². The maximum atomic E-state index is 14.6. The molecule has 0 fully saturated rings. The van der Waals surface area contributed by atoms with E-state index in [1.165, 1.54) is 6.07 Å². The highest BCUT2D eigenvalue weighted by Crippen LogP contribution is 2.36. The molecule has 0 unspecified atom stereocenters. The average Bonchev–Trinajstić information content (AvgIpc) is 2.79. The summed E-state index contributed by atoms with van der Waals surface area (Å²) < 4.78 is 34.7. The molecule has 0 spiro atoms. The molecule has 0 aliphatic carbocycles. The molecule has 5 heteroatoms. The van der Waals surface area contributed by atoms with E-state index in [2.05, 4.69) is 17.9 Å². The maximum Gasteiger partial charge on any atom is 0.166 e. The van der Waals surface area contributed by atoms with Gasteiger partial charge in [0.25, 0.3) is 0 Å². The van der Waals surface area contributed by atoms with Gasteiger partial charge in [0.05, 0.1) is 12.3 Å². The first kappa shape index (κ1) is 24.6. The van der Waals surface area contributed by atoms with Crippen LogP contribution in [0.25, 0.3) is 27.6 Å². The van der Waals surface area contributed by atoms with Crippen LogP contribution in [0.15, 0.2) is 54.6 Å². The van der Waals surface area contributed by atoms with Crippen molar-refractivity contribution in [1.82, 2.24) is 9.88 Å². The molecule has 0 amide bonds. The summed E-state index contributed by atoms with van der Waals surface area (Å²) >= 11 is 0. The fraction of sp³-hybridized carbons (Fsp3) is 0.321. The monoisotopic (exact) mass is 450 g/mol. The zero-order valence-electron chi connectivity index (χ0n) is 20.1. The minimum atomic E-state index is -0.868. The first-order chi connectivity index (χ1) is 15.8. The number of hydrogen-bond donors (Lipinski definition) is 0. The van der Waals surface area contributed by atoms with Gasteiger partial charge in [0, 0.05) is 17.5 Å². The van der Waals surface area contributed by atoms with Gasteiger partial charge in [0.2, 0.25) is 0 Å². The standard InChI is InChI=1S/C28H32F2N2O/c1-6-8-11-20(7-2)25-16-19(3)23-17-21(22-12-9-13-24(29)27(22)30)18-26(28(23)31-25)33-15-10-14-32(4)5/h6,8-9,11-13,16-18H,7,10,14-15H2,1-5H3/b8-6-,20-11+. The Bertz CT molecular complexity index is 1180. The lowest BCUT2D eigenvalue weighted by Crippen LogP contribution is -2.15. The van der Waals surface area contributed by atoms with Gasteiger partial charge in [-0.25, -0.2) is 13.8 Å². The molecule has 1 heterocycles. The molecule has 0 saturated carbocycles. The van der Waals surface area contributed by atoms with E-state index in [9.17, 15) is 8.78 Å². The number of nitrogens with zero attached hydrogens (tertiary/aromatic N) is 2. The van der Waals surface area contributed by atoms with Crippen LogP contribution in [0.4, 0.5) is 8.78 Å². The molecule has 0 atom stereocenters. The molecule has 2 aromatic carbocycles. The summed E-state index contributed by atoms with van der Waals surface area (Å²) in [5.74, 6) is -1.15. The van der Waals surface area contributed by atoms with Crippen LogP contribution in [0, 0.1) is 18.6 Å². The molecule has 0 aliphatic rings. The normalized spacial score (nSPS) is 12.3. The van der Waals surface area contributed by atoms with Crippen LogP contribution >= 0.6 is 0 Å². The molecule has 0 bridgehead atoms. The SMILES string of the molecule is C/C=C\C=C(/CC)c1cc(C)c2cc(-c3cccc(F)c3F)cc(OCCCN(C)C)c2n1. The number of aromatic nitrogens is 1. The topological polar surface area (TPSA) is 25.4 Å². The van der Waals surface area contributed by atoms with Gasteiger partial charge in [0.15, 0.2) is 11.6 Å². The summed E-state index contributed by atoms with van der Waals surface area (Å²) in [6, 6.07) is 9.91. The van der Waals surface area contributed by atoms with Gasteiger partial charge in [-0.1, -0.05) is 37.3 Å². The van der Waals surface area contributed by atoms with Crippen molar-refractivity contribution in [2.24, 2.45) is 0 Å². The highest BCUT2D eigenvalue weighted by atomic mass is 19.2. The van der Waals surface area contributed by atoms with E-state index in [4.69, 9.17) is 9.72 Å². The molecule has 0 radical (unpaired) electrons. The third kappa shape index (κ3) is 5.85. The zero-order chi connectivity index (χ0) is 24.0. The molecule has 1 aromatic heterocycles. The quantitative estimate of drug-likeness (QED) is 0.255. The van der Waals surface area contributed by atoms with E-state index in [1.807, 2.05) is 52.2 Å². The third-order valence-corrected chi connectivity index (χ3v) is 5.55.